The Bertz CT molecular complexity index is 458. The van der Waals surface area contributed by atoms with Crippen molar-refractivity contribution >= 4 is 12.0 Å². The zero-order chi connectivity index (χ0) is 14.4. The summed E-state index contributed by atoms with van der Waals surface area (Å²) in [6.07, 6.45) is 3.49. The summed E-state index contributed by atoms with van der Waals surface area (Å²) in [6, 6.07) is 9.71. The molecule has 1 aromatic rings. The summed E-state index contributed by atoms with van der Waals surface area (Å²) in [5, 5.41) is 0. The highest BCUT2D eigenvalue weighted by Crippen LogP contribution is 2.19. The minimum absolute atomic E-state index is 0.109. The number of unbranched alkanes of at least 4 members (excludes halogenated alkanes) is 2. The van der Waals surface area contributed by atoms with Gasteiger partial charge in [-0.3, -0.25) is 4.79 Å². The van der Waals surface area contributed by atoms with Gasteiger partial charge in [-0.05, 0) is 18.4 Å². The van der Waals surface area contributed by atoms with Gasteiger partial charge in [-0.25, -0.2) is 9.69 Å². The first-order valence-electron chi connectivity index (χ1n) is 7.25. The molecule has 0 aromatic heterocycles. The maximum atomic E-state index is 12.2. The first-order valence-corrected chi connectivity index (χ1v) is 7.25. The Balaban J connectivity index is 1.97. The molecular weight excluding hydrogens is 254 g/mol. The van der Waals surface area contributed by atoms with Crippen LogP contribution in [0.3, 0.4) is 0 Å². The van der Waals surface area contributed by atoms with Gasteiger partial charge in [-0.2, -0.15) is 0 Å². The van der Waals surface area contributed by atoms with Crippen molar-refractivity contribution in [1.29, 1.82) is 0 Å². The van der Waals surface area contributed by atoms with Crippen LogP contribution in [0.4, 0.5) is 4.79 Å². The number of carbonyl (C=O) groups is 2. The monoisotopic (exact) mass is 275 g/mol. The predicted molar refractivity (Wildman–Crippen MR) is 76.3 cm³/mol. The van der Waals surface area contributed by atoms with Crippen LogP contribution in [-0.4, -0.2) is 29.5 Å². The molecule has 1 heterocycles. The van der Waals surface area contributed by atoms with E-state index in [1.807, 2.05) is 30.3 Å². The Kier molecular flexibility index (Phi) is 5.16. The quantitative estimate of drug-likeness (QED) is 0.749. The fourth-order valence-corrected chi connectivity index (χ4v) is 2.45. The molecule has 4 heteroatoms. The van der Waals surface area contributed by atoms with Crippen LogP contribution in [-0.2, 0) is 16.0 Å². The molecule has 0 N–H and O–H groups in total. The molecule has 2 rings (SSSR count). The van der Waals surface area contributed by atoms with Crippen molar-refractivity contribution in [2.45, 2.75) is 45.1 Å². The molecule has 0 radical (unpaired) electrons. The van der Waals surface area contributed by atoms with Crippen molar-refractivity contribution in [3.63, 3.8) is 0 Å². The Labute approximate surface area is 119 Å². The smallest absolute Gasteiger partial charge is 0.416 e. The molecular formula is C16H21NO3. The third kappa shape index (κ3) is 3.59. The molecule has 1 atom stereocenters. The maximum absolute atomic E-state index is 12.2. The van der Waals surface area contributed by atoms with Crippen LogP contribution in [0.5, 0.6) is 0 Å². The standard InChI is InChI=1S/C16H21NO3/c1-2-3-5-10-15(18)17-14(12-20-16(17)19)11-13-8-6-4-7-9-13/h4,6-9,14H,2-3,5,10-12H2,1H3. The molecule has 1 unspecified atom stereocenters. The van der Waals surface area contributed by atoms with E-state index in [1.165, 1.54) is 4.90 Å². The summed E-state index contributed by atoms with van der Waals surface area (Å²) < 4.78 is 5.04. The molecule has 1 fully saturated rings. The molecule has 1 saturated heterocycles. The van der Waals surface area contributed by atoms with Gasteiger partial charge in [0.25, 0.3) is 0 Å². The summed E-state index contributed by atoms with van der Waals surface area (Å²) in [5.41, 5.74) is 1.11. The van der Waals surface area contributed by atoms with Crippen LogP contribution in [0.15, 0.2) is 30.3 Å². The number of hydrogen-bond donors (Lipinski definition) is 0. The average molecular weight is 275 g/mol. The molecule has 0 saturated carbocycles. The van der Waals surface area contributed by atoms with E-state index in [0.717, 1.165) is 24.8 Å². The Morgan fingerprint density at radius 1 is 1.30 bits per heavy atom. The van der Waals surface area contributed by atoms with Crippen molar-refractivity contribution in [3.8, 4) is 0 Å². The Morgan fingerprint density at radius 3 is 2.75 bits per heavy atom. The van der Waals surface area contributed by atoms with Crippen molar-refractivity contribution in [1.82, 2.24) is 4.90 Å². The summed E-state index contributed by atoms with van der Waals surface area (Å²) >= 11 is 0. The zero-order valence-electron chi connectivity index (χ0n) is 11.9. The first-order chi connectivity index (χ1) is 9.72. The highest BCUT2D eigenvalue weighted by atomic mass is 16.6. The molecule has 0 spiro atoms. The van der Waals surface area contributed by atoms with Crippen LogP contribution >= 0.6 is 0 Å². The van der Waals surface area contributed by atoms with Crippen molar-refractivity contribution in [2.75, 3.05) is 6.61 Å². The molecule has 1 aliphatic rings. The van der Waals surface area contributed by atoms with Gasteiger partial charge in [0.05, 0.1) is 6.04 Å². The predicted octanol–water partition coefficient (Wildman–Crippen LogP) is 3.16. The van der Waals surface area contributed by atoms with Gasteiger partial charge in [0.2, 0.25) is 5.91 Å². The SMILES string of the molecule is CCCCCC(=O)N1C(=O)OCC1Cc1ccccc1. The first kappa shape index (κ1) is 14.6. The lowest BCUT2D eigenvalue weighted by Gasteiger charge is -2.19. The average Bonchev–Trinajstić information content (AvgIpc) is 2.81. The van der Waals surface area contributed by atoms with E-state index in [4.69, 9.17) is 4.74 Å². The molecule has 108 valence electrons. The van der Waals surface area contributed by atoms with E-state index < -0.39 is 6.09 Å². The minimum Gasteiger partial charge on any atom is -0.447 e. The molecule has 0 aliphatic carbocycles. The lowest BCUT2D eigenvalue weighted by molar-refractivity contribution is -0.129. The van der Waals surface area contributed by atoms with Gasteiger partial charge in [0.1, 0.15) is 6.61 Å². The van der Waals surface area contributed by atoms with Crippen LogP contribution in [0.25, 0.3) is 0 Å². The third-order valence-corrected chi connectivity index (χ3v) is 3.54. The van der Waals surface area contributed by atoms with Gasteiger partial charge in [0, 0.05) is 6.42 Å². The summed E-state index contributed by atoms with van der Waals surface area (Å²) in [6.45, 7) is 2.39. The number of benzene rings is 1. The fraction of sp³-hybridized carbons (Fsp3) is 0.500. The van der Waals surface area contributed by atoms with Gasteiger partial charge in [0.15, 0.2) is 0 Å². The number of imide groups is 1. The molecule has 1 aromatic carbocycles. The third-order valence-electron chi connectivity index (χ3n) is 3.54. The lowest BCUT2D eigenvalue weighted by atomic mass is 10.1. The number of ether oxygens (including phenoxy) is 1. The minimum atomic E-state index is -0.493. The number of carbonyl (C=O) groups excluding carboxylic acids is 2. The number of hydrogen-bond acceptors (Lipinski definition) is 3. The van der Waals surface area contributed by atoms with E-state index in [0.29, 0.717) is 19.4 Å². The number of cyclic esters (lactones) is 1. The Morgan fingerprint density at radius 2 is 2.05 bits per heavy atom. The fourth-order valence-electron chi connectivity index (χ4n) is 2.45. The maximum Gasteiger partial charge on any atom is 0.416 e. The van der Waals surface area contributed by atoms with Crippen LogP contribution in [0.1, 0.15) is 38.2 Å². The summed E-state index contributed by atoms with van der Waals surface area (Å²) in [4.78, 5) is 25.2. The van der Waals surface area contributed by atoms with Gasteiger partial charge in [-0.15, -0.1) is 0 Å². The molecule has 1 aliphatic heterocycles. The largest absolute Gasteiger partial charge is 0.447 e. The normalized spacial score (nSPS) is 18.1. The molecule has 20 heavy (non-hydrogen) atoms. The molecule has 2 amide bonds. The molecule has 0 bridgehead atoms. The second-order valence-corrected chi connectivity index (χ2v) is 5.14. The highest BCUT2D eigenvalue weighted by molar-refractivity contribution is 5.93. The summed E-state index contributed by atoms with van der Waals surface area (Å²) in [5.74, 6) is -0.109. The highest BCUT2D eigenvalue weighted by Gasteiger charge is 2.37. The van der Waals surface area contributed by atoms with Crippen molar-refractivity contribution in [2.24, 2.45) is 0 Å². The van der Waals surface area contributed by atoms with E-state index in [2.05, 4.69) is 6.92 Å². The number of amides is 2. The Hall–Kier alpha value is -1.84. The van der Waals surface area contributed by atoms with Crippen LogP contribution in [0.2, 0.25) is 0 Å². The van der Waals surface area contributed by atoms with Crippen molar-refractivity contribution in [3.05, 3.63) is 35.9 Å². The van der Waals surface area contributed by atoms with Crippen LogP contribution < -0.4 is 0 Å². The topological polar surface area (TPSA) is 46.6 Å². The number of rotatable bonds is 6. The van der Waals surface area contributed by atoms with Crippen LogP contribution in [0, 0.1) is 0 Å². The zero-order valence-corrected chi connectivity index (χ0v) is 11.9. The van der Waals surface area contributed by atoms with Gasteiger partial charge < -0.3 is 4.74 Å². The van der Waals surface area contributed by atoms with E-state index >= 15 is 0 Å². The lowest BCUT2D eigenvalue weighted by Crippen LogP contribution is -2.40. The van der Waals surface area contributed by atoms with Gasteiger partial charge >= 0.3 is 6.09 Å². The van der Waals surface area contributed by atoms with Crippen molar-refractivity contribution < 1.29 is 14.3 Å². The summed E-state index contributed by atoms with van der Waals surface area (Å²) in [7, 11) is 0. The molecule has 4 nitrogen and oxygen atoms in total. The van der Waals surface area contributed by atoms with E-state index in [-0.39, 0.29) is 11.9 Å². The second-order valence-electron chi connectivity index (χ2n) is 5.14. The number of nitrogens with zero attached hydrogens (tertiary/aromatic N) is 1. The van der Waals surface area contributed by atoms with E-state index in [1.54, 1.807) is 0 Å². The second kappa shape index (κ2) is 7.08. The van der Waals surface area contributed by atoms with Gasteiger partial charge in [-0.1, -0.05) is 50.1 Å². The van der Waals surface area contributed by atoms with E-state index in [9.17, 15) is 9.59 Å².